The van der Waals surface area contributed by atoms with Crippen LogP contribution in [0.5, 0.6) is 11.5 Å². The van der Waals surface area contributed by atoms with Gasteiger partial charge in [-0.1, -0.05) is 0 Å². The smallest absolute Gasteiger partial charge is 0.269 e. The molecule has 0 spiro atoms. The zero-order valence-corrected chi connectivity index (χ0v) is 10.6. The maximum atomic E-state index is 10.7. The number of non-ortho nitro benzene ring substituents is 1. The number of hydrogen-bond acceptors (Lipinski definition) is 5. The third-order valence-corrected chi connectivity index (χ3v) is 2.84. The minimum atomic E-state index is -0.432. The van der Waals surface area contributed by atoms with Gasteiger partial charge in [-0.3, -0.25) is 10.1 Å². The minimum Gasteiger partial charge on any atom is -0.455 e. The highest BCUT2D eigenvalue weighted by atomic mass is 16.6. The second-order valence-corrected chi connectivity index (χ2v) is 4.24. The fraction of sp³-hybridized carbons (Fsp3) is 0.0769. The molecule has 0 saturated carbocycles. The summed E-state index contributed by atoms with van der Waals surface area (Å²) in [6.07, 6.45) is 3.15. The van der Waals surface area contributed by atoms with Gasteiger partial charge in [0.05, 0.1) is 11.1 Å². The van der Waals surface area contributed by atoms with Crippen LogP contribution in [0.2, 0.25) is 0 Å². The molecule has 1 aromatic carbocycles. The third kappa shape index (κ3) is 2.16. The molecule has 0 aliphatic heterocycles. The largest absolute Gasteiger partial charge is 0.455 e. The molecule has 0 atom stereocenters. The summed E-state index contributed by atoms with van der Waals surface area (Å²) in [6, 6.07) is 8.02. The molecule has 0 aliphatic carbocycles. The summed E-state index contributed by atoms with van der Waals surface area (Å²) in [5, 5.41) is 14.7. The second kappa shape index (κ2) is 4.61. The summed E-state index contributed by atoms with van der Waals surface area (Å²) in [5.74, 6) is 1.15. The molecule has 2 heterocycles. The van der Waals surface area contributed by atoms with E-state index in [-0.39, 0.29) is 5.69 Å². The Balaban J connectivity index is 1.92. The van der Waals surface area contributed by atoms with Crippen molar-refractivity contribution in [2.75, 3.05) is 0 Å². The van der Waals surface area contributed by atoms with E-state index in [0.717, 1.165) is 5.65 Å². The number of ether oxygens (including phenoxy) is 1. The molecule has 3 rings (SSSR count). The number of fused-ring (bicyclic) bond motifs is 1. The van der Waals surface area contributed by atoms with E-state index < -0.39 is 4.92 Å². The number of rotatable bonds is 3. The van der Waals surface area contributed by atoms with Gasteiger partial charge in [0, 0.05) is 12.1 Å². The van der Waals surface area contributed by atoms with Gasteiger partial charge in [-0.25, -0.2) is 9.50 Å². The molecule has 0 fully saturated rings. The number of aryl methyl sites for hydroxylation is 1. The lowest BCUT2D eigenvalue weighted by Gasteiger charge is -2.08. The van der Waals surface area contributed by atoms with E-state index >= 15 is 0 Å². The molecule has 0 amide bonds. The Bertz CT molecular complexity index is 797. The van der Waals surface area contributed by atoms with Gasteiger partial charge >= 0.3 is 0 Å². The molecule has 0 bridgehead atoms. The van der Waals surface area contributed by atoms with Gasteiger partial charge in [-0.15, -0.1) is 0 Å². The lowest BCUT2D eigenvalue weighted by Crippen LogP contribution is -1.93. The van der Waals surface area contributed by atoms with Crippen LogP contribution in [0.1, 0.15) is 5.56 Å². The van der Waals surface area contributed by atoms with Crippen molar-refractivity contribution in [3.05, 3.63) is 58.5 Å². The van der Waals surface area contributed by atoms with E-state index in [0.29, 0.717) is 17.1 Å². The summed E-state index contributed by atoms with van der Waals surface area (Å²) in [6.45, 7) is 1.76. The Hall–Kier alpha value is -2.96. The van der Waals surface area contributed by atoms with E-state index in [9.17, 15) is 10.1 Å². The Morgan fingerprint density at radius 2 is 2.15 bits per heavy atom. The first-order chi connectivity index (χ1) is 9.63. The van der Waals surface area contributed by atoms with Crippen molar-refractivity contribution >= 4 is 11.3 Å². The number of nitro benzene ring substituents is 1. The monoisotopic (exact) mass is 270 g/mol. The zero-order valence-electron chi connectivity index (χ0n) is 10.6. The van der Waals surface area contributed by atoms with Crippen molar-refractivity contribution < 1.29 is 9.66 Å². The van der Waals surface area contributed by atoms with Crippen LogP contribution < -0.4 is 4.74 Å². The molecule has 7 nitrogen and oxygen atoms in total. The molecule has 2 aromatic heterocycles. The van der Waals surface area contributed by atoms with Crippen LogP contribution >= 0.6 is 0 Å². The van der Waals surface area contributed by atoms with Gasteiger partial charge in [0.15, 0.2) is 5.65 Å². The highest BCUT2D eigenvalue weighted by Crippen LogP contribution is 2.27. The first-order valence-corrected chi connectivity index (χ1v) is 5.86. The van der Waals surface area contributed by atoms with Crippen LogP contribution in [0.15, 0.2) is 42.9 Å². The minimum absolute atomic E-state index is 0.0431. The zero-order chi connectivity index (χ0) is 14.1. The second-order valence-electron chi connectivity index (χ2n) is 4.24. The molecule has 0 N–H and O–H groups in total. The quantitative estimate of drug-likeness (QED) is 0.539. The standard InChI is InChI=1S/C13H10N4O3/c1-9-6-10(17(18)19)2-4-12(9)20-11-3-5-13-14-8-15-16(13)7-11/h2-8H,1H3. The molecule has 0 saturated heterocycles. The van der Waals surface area contributed by atoms with E-state index in [1.807, 2.05) is 0 Å². The van der Waals surface area contributed by atoms with Gasteiger partial charge < -0.3 is 4.74 Å². The maximum absolute atomic E-state index is 10.7. The van der Waals surface area contributed by atoms with Gasteiger partial charge in [0.1, 0.15) is 17.8 Å². The van der Waals surface area contributed by atoms with Crippen molar-refractivity contribution in [1.82, 2.24) is 14.6 Å². The normalized spacial score (nSPS) is 10.7. The maximum Gasteiger partial charge on any atom is 0.269 e. The van der Waals surface area contributed by atoms with Crippen molar-refractivity contribution in [2.24, 2.45) is 0 Å². The van der Waals surface area contributed by atoms with E-state index in [1.165, 1.54) is 18.5 Å². The average molecular weight is 270 g/mol. The molecule has 7 heteroatoms. The van der Waals surface area contributed by atoms with Gasteiger partial charge in [-0.2, -0.15) is 5.10 Å². The van der Waals surface area contributed by atoms with Crippen LogP contribution in [0.25, 0.3) is 5.65 Å². The molecule has 20 heavy (non-hydrogen) atoms. The number of nitro groups is 1. The number of hydrogen-bond donors (Lipinski definition) is 0. The molecule has 100 valence electrons. The summed E-state index contributed by atoms with van der Waals surface area (Å²) in [4.78, 5) is 14.3. The molecule has 0 unspecified atom stereocenters. The molecular weight excluding hydrogens is 260 g/mol. The Morgan fingerprint density at radius 1 is 1.30 bits per heavy atom. The molecule has 0 radical (unpaired) electrons. The number of benzene rings is 1. The van der Waals surface area contributed by atoms with Crippen molar-refractivity contribution in [1.29, 1.82) is 0 Å². The van der Waals surface area contributed by atoms with Crippen molar-refractivity contribution in [3.63, 3.8) is 0 Å². The number of aromatic nitrogens is 3. The van der Waals surface area contributed by atoms with Crippen LogP contribution in [0.4, 0.5) is 5.69 Å². The Morgan fingerprint density at radius 3 is 2.90 bits per heavy atom. The average Bonchev–Trinajstić information content (AvgIpc) is 2.88. The predicted molar refractivity (Wildman–Crippen MR) is 70.9 cm³/mol. The highest BCUT2D eigenvalue weighted by Gasteiger charge is 2.09. The Labute approximate surface area is 113 Å². The number of nitrogens with zero attached hydrogens (tertiary/aromatic N) is 4. The van der Waals surface area contributed by atoms with E-state index in [2.05, 4.69) is 10.1 Å². The van der Waals surface area contributed by atoms with Crippen molar-refractivity contribution in [3.8, 4) is 11.5 Å². The lowest BCUT2D eigenvalue weighted by molar-refractivity contribution is -0.384. The van der Waals surface area contributed by atoms with Gasteiger partial charge in [-0.05, 0) is 30.7 Å². The van der Waals surface area contributed by atoms with Crippen molar-refractivity contribution in [2.45, 2.75) is 6.92 Å². The third-order valence-electron chi connectivity index (χ3n) is 2.84. The summed E-state index contributed by atoms with van der Waals surface area (Å²) in [5.41, 5.74) is 1.46. The van der Waals surface area contributed by atoms with E-state index in [1.54, 1.807) is 35.8 Å². The van der Waals surface area contributed by atoms with Crippen LogP contribution in [0, 0.1) is 17.0 Å². The highest BCUT2D eigenvalue weighted by molar-refractivity contribution is 5.46. The molecule has 0 aliphatic rings. The Kier molecular flexibility index (Phi) is 2.79. The van der Waals surface area contributed by atoms with Gasteiger partial charge in [0.25, 0.3) is 5.69 Å². The molecule has 3 aromatic rings. The summed E-state index contributed by atoms with van der Waals surface area (Å²) in [7, 11) is 0. The first-order valence-electron chi connectivity index (χ1n) is 5.86. The first kappa shape index (κ1) is 12.1. The van der Waals surface area contributed by atoms with Crippen LogP contribution in [-0.4, -0.2) is 19.5 Å². The van der Waals surface area contributed by atoms with Gasteiger partial charge in [0.2, 0.25) is 0 Å². The fourth-order valence-corrected chi connectivity index (χ4v) is 1.85. The topological polar surface area (TPSA) is 82.6 Å². The number of pyridine rings is 1. The predicted octanol–water partition coefficient (Wildman–Crippen LogP) is 2.74. The van der Waals surface area contributed by atoms with Crippen LogP contribution in [-0.2, 0) is 0 Å². The van der Waals surface area contributed by atoms with E-state index in [4.69, 9.17) is 4.74 Å². The lowest BCUT2D eigenvalue weighted by atomic mass is 10.2. The molecular formula is C13H10N4O3. The SMILES string of the molecule is Cc1cc([N+](=O)[O-])ccc1Oc1ccc2ncnn2c1. The summed E-state index contributed by atoms with van der Waals surface area (Å²) >= 11 is 0. The summed E-state index contributed by atoms with van der Waals surface area (Å²) < 4.78 is 7.30. The van der Waals surface area contributed by atoms with Crippen LogP contribution in [0.3, 0.4) is 0 Å². The fourth-order valence-electron chi connectivity index (χ4n) is 1.85.